The van der Waals surface area contributed by atoms with Crippen molar-refractivity contribution in [2.45, 2.75) is 45.6 Å². The molecule has 0 aliphatic carbocycles. The zero-order valence-electron chi connectivity index (χ0n) is 16.2. The van der Waals surface area contributed by atoms with Crippen LogP contribution in [0.2, 0.25) is 5.02 Å². The van der Waals surface area contributed by atoms with E-state index in [1.807, 2.05) is 32.9 Å². The van der Waals surface area contributed by atoms with Crippen LogP contribution in [0.1, 0.15) is 39.2 Å². The summed E-state index contributed by atoms with van der Waals surface area (Å²) in [5.41, 5.74) is 0.779. The zero-order chi connectivity index (χ0) is 20.0. The van der Waals surface area contributed by atoms with Crippen molar-refractivity contribution in [1.29, 1.82) is 0 Å². The van der Waals surface area contributed by atoms with Crippen molar-refractivity contribution < 1.29 is 14.4 Å². The van der Waals surface area contributed by atoms with E-state index in [2.05, 4.69) is 10.6 Å². The molecule has 2 rings (SSSR count). The smallest absolute Gasteiger partial charge is 0.225 e. The molecule has 0 saturated carbocycles. The molecule has 27 heavy (non-hydrogen) atoms. The lowest BCUT2D eigenvalue weighted by Gasteiger charge is -2.31. The van der Waals surface area contributed by atoms with Crippen molar-refractivity contribution in [3.05, 3.63) is 34.9 Å². The van der Waals surface area contributed by atoms with Gasteiger partial charge in [-0.2, -0.15) is 0 Å². The quantitative estimate of drug-likeness (QED) is 0.697. The summed E-state index contributed by atoms with van der Waals surface area (Å²) in [5.74, 6) is -0.504. The standard InChI is InChI=1S/C20H28ClN3O3/c1-20(2,3)24-13-15(12-18(24)26)19(27)23-11-10-22-17(25)9-6-14-4-7-16(21)8-5-14/h4-5,7-8,15H,6,9-13H2,1-3H3,(H,22,25)(H,23,27). The first kappa shape index (κ1) is 21.2. The molecule has 1 aromatic rings. The molecule has 7 heteroatoms. The van der Waals surface area contributed by atoms with Crippen molar-refractivity contribution in [2.24, 2.45) is 5.92 Å². The molecular formula is C20H28ClN3O3. The minimum atomic E-state index is -0.322. The highest BCUT2D eigenvalue weighted by atomic mass is 35.5. The van der Waals surface area contributed by atoms with Gasteiger partial charge < -0.3 is 15.5 Å². The second kappa shape index (κ2) is 9.22. The fourth-order valence-electron chi connectivity index (χ4n) is 3.06. The topological polar surface area (TPSA) is 78.5 Å². The summed E-state index contributed by atoms with van der Waals surface area (Å²) in [6.45, 7) is 7.06. The maximum atomic E-state index is 12.2. The third kappa shape index (κ3) is 6.54. The molecule has 6 nitrogen and oxygen atoms in total. The Balaban J connectivity index is 1.63. The molecule has 1 aromatic carbocycles. The van der Waals surface area contributed by atoms with E-state index in [-0.39, 0.29) is 35.6 Å². The number of rotatable bonds is 7. The van der Waals surface area contributed by atoms with E-state index in [0.717, 1.165) is 5.56 Å². The molecule has 0 radical (unpaired) electrons. The van der Waals surface area contributed by atoms with Gasteiger partial charge in [0.25, 0.3) is 0 Å². The number of carbonyl (C=O) groups excluding carboxylic acids is 3. The van der Waals surface area contributed by atoms with Crippen molar-refractivity contribution in [3.63, 3.8) is 0 Å². The van der Waals surface area contributed by atoms with Crippen molar-refractivity contribution in [1.82, 2.24) is 15.5 Å². The number of amides is 3. The van der Waals surface area contributed by atoms with Crippen LogP contribution >= 0.6 is 11.6 Å². The van der Waals surface area contributed by atoms with E-state index >= 15 is 0 Å². The van der Waals surface area contributed by atoms with Gasteiger partial charge in [0, 0.05) is 43.0 Å². The lowest BCUT2D eigenvalue weighted by atomic mass is 10.1. The summed E-state index contributed by atoms with van der Waals surface area (Å²) in [5, 5.41) is 6.27. The molecule has 1 aliphatic heterocycles. The molecule has 1 fully saturated rings. The number of carbonyl (C=O) groups is 3. The van der Waals surface area contributed by atoms with Gasteiger partial charge >= 0.3 is 0 Å². The number of hydrogen-bond donors (Lipinski definition) is 2. The molecule has 0 spiro atoms. The fourth-order valence-corrected chi connectivity index (χ4v) is 3.19. The highest BCUT2D eigenvalue weighted by molar-refractivity contribution is 6.30. The van der Waals surface area contributed by atoms with Crippen LogP contribution < -0.4 is 10.6 Å². The van der Waals surface area contributed by atoms with Crippen LogP contribution in [0.4, 0.5) is 0 Å². The average molecular weight is 394 g/mol. The van der Waals surface area contributed by atoms with E-state index < -0.39 is 0 Å². The summed E-state index contributed by atoms with van der Waals surface area (Å²) < 4.78 is 0. The minimum Gasteiger partial charge on any atom is -0.354 e. The molecular weight excluding hydrogens is 366 g/mol. The number of likely N-dealkylation sites (tertiary alicyclic amines) is 1. The lowest BCUT2D eigenvalue weighted by Crippen LogP contribution is -2.43. The zero-order valence-corrected chi connectivity index (χ0v) is 16.9. The van der Waals surface area contributed by atoms with Gasteiger partial charge in [0.1, 0.15) is 0 Å². The van der Waals surface area contributed by atoms with Crippen LogP contribution in [0.25, 0.3) is 0 Å². The Labute approximate surface area is 165 Å². The molecule has 1 aliphatic rings. The molecule has 0 aromatic heterocycles. The molecule has 1 atom stereocenters. The van der Waals surface area contributed by atoms with Crippen LogP contribution in [0, 0.1) is 5.92 Å². The first-order valence-electron chi connectivity index (χ1n) is 9.26. The fraction of sp³-hybridized carbons (Fsp3) is 0.550. The molecule has 1 saturated heterocycles. The van der Waals surface area contributed by atoms with E-state index in [0.29, 0.717) is 37.5 Å². The molecule has 1 heterocycles. The summed E-state index contributed by atoms with van der Waals surface area (Å²) >= 11 is 5.83. The Hall–Kier alpha value is -2.08. The predicted octanol–water partition coefficient (Wildman–Crippen LogP) is 2.15. The van der Waals surface area contributed by atoms with Gasteiger partial charge in [-0.25, -0.2) is 0 Å². The largest absolute Gasteiger partial charge is 0.354 e. The lowest BCUT2D eigenvalue weighted by molar-refractivity contribution is -0.132. The van der Waals surface area contributed by atoms with E-state index in [1.165, 1.54) is 0 Å². The Morgan fingerprint density at radius 1 is 1.15 bits per heavy atom. The highest BCUT2D eigenvalue weighted by Gasteiger charge is 2.39. The first-order valence-corrected chi connectivity index (χ1v) is 9.64. The number of hydrogen-bond acceptors (Lipinski definition) is 3. The first-order chi connectivity index (χ1) is 12.7. The summed E-state index contributed by atoms with van der Waals surface area (Å²) in [6.07, 6.45) is 1.27. The van der Waals surface area contributed by atoms with Crippen LogP contribution in [-0.2, 0) is 20.8 Å². The number of aryl methyl sites for hydroxylation is 1. The van der Waals surface area contributed by atoms with Crippen LogP contribution in [0.5, 0.6) is 0 Å². The van der Waals surface area contributed by atoms with E-state index in [4.69, 9.17) is 11.6 Å². The van der Waals surface area contributed by atoms with Gasteiger partial charge in [-0.15, -0.1) is 0 Å². The van der Waals surface area contributed by atoms with Gasteiger partial charge in [0.05, 0.1) is 5.92 Å². The third-order valence-electron chi connectivity index (χ3n) is 4.61. The second-order valence-corrected chi connectivity index (χ2v) is 8.28. The predicted molar refractivity (Wildman–Crippen MR) is 105 cm³/mol. The normalized spacial score (nSPS) is 17.1. The van der Waals surface area contributed by atoms with Gasteiger partial charge in [-0.1, -0.05) is 23.7 Å². The van der Waals surface area contributed by atoms with Crippen molar-refractivity contribution in [2.75, 3.05) is 19.6 Å². The third-order valence-corrected chi connectivity index (χ3v) is 4.86. The molecule has 1 unspecified atom stereocenters. The van der Waals surface area contributed by atoms with Crippen LogP contribution in [0.15, 0.2) is 24.3 Å². The van der Waals surface area contributed by atoms with Crippen molar-refractivity contribution >= 4 is 29.3 Å². The van der Waals surface area contributed by atoms with Crippen molar-refractivity contribution in [3.8, 4) is 0 Å². The SMILES string of the molecule is CC(C)(C)N1CC(C(=O)NCCNC(=O)CCc2ccc(Cl)cc2)CC1=O. The Morgan fingerprint density at radius 3 is 2.37 bits per heavy atom. The number of benzene rings is 1. The maximum absolute atomic E-state index is 12.2. The monoisotopic (exact) mass is 393 g/mol. The molecule has 2 N–H and O–H groups in total. The van der Waals surface area contributed by atoms with Crippen LogP contribution in [0.3, 0.4) is 0 Å². The maximum Gasteiger partial charge on any atom is 0.225 e. The Morgan fingerprint density at radius 2 is 1.78 bits per heavy atom. The Bertz CT molecular complexity index is 683. The van der Waals surface area contributed by atoms with Gasteiger partial charge in [-0.3, -0.25) is 14.4 Å². The van der Waals surface area contributed by atoms with E-state index in [1.54, 1.807) is 17.0 Å². The summed E-state index contributed by atoms with van der Waals surface area (Å²) in [6, 6.07) is 7.41. The number of nitrogens with zero attached hydrogens (tertiary/aromatic N) is 1. The second-order valence-electron chi connectivity index (χ2n) is 7.84. The van der Waals surface area contributed by atoms with E-state index in [9.17, 15) is 14.4 Å². The molecule has 0 bridgehead atoms. The van der Waals surface area contributed by atoms with Crippen LogP contribution in [-0.4, -0.2) is 47.8 Å². The van der Waals surface area contributed by atoms with Gasteiger partial charge in [0.15, 0.2) is 0 Å². The Kier molecular flexibility index (Phi) is 7.25. The molecule has 148 valence electrons. The van der Waals surface area contributed by atoms with Gasteiger partial charge in [0.2, 0.25) is 17.7 Å². The average Bonchev–Trinajstić information content (AvgIpc) is 3.00. The summed E-state index contributed by atoms with van der Waals surface area (Å²) in [4.78, 5) is 37.9. The number of nitrogens with one attached hydrogen (secondary N) is 2. The summed E-state index contributed by atoms with van der Waals surface area (Å²) in [7, 11) is 0. The number of halogens is 1. The molecule has 3 amide bonds. The van der Waals surface area contributed by atoms with Gasteiger partial charge in [-0.05, 0) is 44.9 Å². The highest BCUT2D eigenvalue weighted by Crippen LogP contribution is 2.25. The minimum absolute atomic E-state index is 0.0122.